The highest BCUT2D eigenvalue weighted by Gasteiger charge is 2.26. The van der Waals surface area contributed by atoms with E-state index in [0.29, 0.717) is 5.92 Å². The lowest BCUT2D eigenvalue weighted by Gasteiger charge is -2.34. The summed E-state index contributed by atoms with van der Waals surface area (Å²) in [5.41, 5.74) is 7.35. The van der Waals surface area contributed by atoms with Crippen molar-refractivity contribution in [3.8, 4) is 0 Å². The molecule has 1 atom stereocenters. The third-order valence-electron chi connectivity index (χ3n) is 3.95. The molecular weight excluding hydrogens is 242 g/mol. The van der Waals surface area contributed by atoms with Gasteiger partial charge in [0.2, 0.25) is 0 Å². The first-order valence-electron chi connectivity index (χ1n) is 6.84. The minimum atomic E-state index is 0.138. The molecule has 1 aromatic rings. The van der Waals surface area contributed by atoms with Crippen LogP contribution in [0.4, 0.5) is 5.82 Å². The minimum absolute atomic E-state index is 0.138. The summed E-state index contributed by atoms with van der Waals surface area (Å²) in [5, 5.41) is 16.5. The van der Waals surface area contributed by atoms with E-state index in [2.05, 4.69) is 22.1 Å². The minimum Gasteiger partial charge on any atom is -0.409 e. The number of oxime groups is 1. The van der Waals surface area contributed by atoms with Gasteiger partial charge in [0.15, 0.2) is 5.84 Å². The Hall–Kier alpha value is -1.72. The molecule has 106 valence electrons. The normalized spacial score (nSPS) is 20.9. The predicted octanol–water partition coefficient (Wildman–Crippen LogP) is 1.45. The molecule has 3 N–H and O–H groups in total. The van der Waals surface area contributed by atoms with Gasteiger partial charge in [0.25, 0.3) is 0 Å². The van der Waals surface area contributed by atoms with Crippen LogP contribution in [0.1, 0.15) is 37.4 Å². The molecule has 2 rings (SSSR count). The molecule has 1 aromatic heterocycles. The third kappa shape index (κ3) is 2.52. The Kier molecular flexibility index (Phi) is 3.97. The van der Waals surface area contributed by atoms with Gasteiger partial charge in [-0.25, -0.2) is 0 Å². The van der Waals surface area contributed by atoms with E-state index < -0.39 is 0 Å². The van der Waals surface area contributed by atoms with Crippen molar-refractivity contribution >= 4 is 11.7 Å². The number of aromatic nitrogens is 2. The molecule has 1 aliphatic rings. The van der Waals surface area contributed by atoms with Crippen molar-refractivity contribution in [2.75, 3.05) is 18.0 Å². The van der Waals surface area contributed by atoms with E-state index in [1.165, 1.54) is 19.3 Å². The second kappa shape index (κ2) is 5.50. The summed E-state index contributed by atoms with van der Waals surface area (Å²) >= 11 is 0. The van der Waals surface area contributed by atoms with Crippen LogP contribution in [-0.4, -0.2) is 33.9 Å². The number of hydrogen-bond donors (Lipinski definition) is 2. The average Bonchev–Trinajstić information content (AvgIpc) is 2.72. The van der Waals surface area contributed by atoms with Gasteiger partial charge in [-0.3, -0.25) is 4.68 Å². The lowest BCUT2D eigenvalue weighted by molar-refractivity contribution is 0.318. The number of hydrogen-bond acceptors (Lipinski definition) is 4. The Bertz CT molecular complexity index is 480. The van der Waals surface area contributed by atoms with Crippen molar-refractivity contribution in [3.63, 3.8) is 0 Å². The molecule has 0 radical (unpaired) electrons. The molecule has 1 saturated heterocycles. The van der Waals surface area contributed by atoms with E-state index >= 15 is 0 Å². The average molecular weight is 265 g/mol. The summed E-state index contributed by atoms with van der Waals surface area (Å²) in [7, 11) is 1.91. The van der Waals surface area contributed by atoms with Crippen molar-refractivity contribution in [2.45, 2.75) is 33.1 Å². The van der Waals surface area contributed by atoms with E-state index in [1.54, 1.807) is 0 Å². The van der Waals surface area contributed by atoms with E-state index in [1.807, 2.05) is 18.7 Å². The highest BCUT2D eigenvalue weighted by Crippen LogP contribution is 2.28. The number of nitrogens with two attached hydrogens (primary N) is 1. The zero-order valence-corrected chi connectivity index (χ0v) is 11.9. The molecule has 2 heterocycles. The zero-order chi connectivity index (χ0) is 14.0. The lowest BCUT2D eigenvalue weighted by Crippen LogP contribution is -2.37. The molecule has 0 saturated carbocycles. The molecule has 19 heavy (non-hydrogen) atoms. The van der Waals surface area contributed by atoms with Gasteiger partial charge >= 0.3 is 0 Å². The summed E-state index contributed by atoms with van der Waals surface area (Å²) in [6.07, 6.45) is 3.65. The highest BCUT2D eigenvalue weighted by atomic mass is 16.4. The Morgan fingerprint density at radius 3 is 2.95 bits per heavy atom. The standard InChI is InChI=1S/C13H23N5O/c1-4-10-6-5-7-18(8-10)13-11(12(14)16-19)9(2)15-17(13)3/h10,19H,4-8H2,1-3H3,(H2,14,16). The van der Waals surface area contributed by atoms with Crippen LogP contribution in [0.2, 0.25) is 0 Å². The predicted molar refractivity (Wildman–Crippen MR) is 75.7 cm³/mol. The number of rotatable bonds is 3. The maximum Gasteiger partial charge on any atom is 0.175 e. The third-order valence-corrected chi connectivity index (χ3v) is 3.95. The smallest absolute Gasteiger partial charge is 0.175 e. The number of aryl methyl sites for hydroxylation is 2. The summed E-state index contributed by atoms with van der Waals surface area (Å²) in [6.45, 7) is 6.13. The van der Waals surface area contributed by atoms with Gasteiger partial charge in [-0.05, 0) is 25.7 Å². The second-order valence-electron chi connectivity index (χ2n) is 5.26. The van der Waals surface area contributed by atoms with Crippen LogP contribution in [0.3, 0.4) is 0 Å². The van der Waals surface area contributed by atoms with Gasteiger partial charge in [0.05, 0.1) is 11.3 Å². The van der Waals surface area contributed by atoms with Gasteiger partial charge in [-0.2, -0.15) is 5.10 Å². The quantitative estimate of drug-likeness (QED) is 0.375. The van der Waals surface area contributed by atoms with Gasteiger partial charge in [-0.15, -0.1) is 0 Å². The summed E-state index contributed by atoms with van der Waals surface area (Å²) in [4.78, 5) is 2.31. The molecule has 0 aliphatic carbocycles. The molecule has 1 unspecified atom stereocenters. The lowest BCUT2D eigenvalue weighted by atomic mass is 9.95. The molecule has 1 aliphatic heterocycles. The van der Waals surface area contributed by atoms with Crippen LogP contribution in [0.25, 0.3) is 0 Å². The van der Waals surface area contributed by atoms with Gasteiger partial charge in [-0.1, -0.05) is 18.5 Å². The van der Waals surface area contributed by atoms with Crippen LogP contribution in [0.15, 0.2) is 5.16 Å². The fourth-order valence-electron chi connectivity index (χ4n) is 2.95. The van der Waals surface area contributed by atoms with E-state index in [-0.39, 0.29) is 5.84 Å². The monoisotopic (exact) mass is 265 g/mol. The zero-order valence-electron chi connectivity index (χ0n) is 11.9. The maximum absolute atomic E-state index is 8.95. The van der Waals surface area contributed by atoms with Crippen molar-refractivity contribution in [3.05, 3.63) is 11.3 Å². The van der Waals surface area contributed by atoms with Crippen LogP contribution in [0, 0.1) is 12.8 Å². The van der Waals surface area contributed by atoms with Crippen molar-refractivity contribution in [2.24, 2.45) is 23.9 Å². The van der Waals surface area contributed by atoms with E-state index in [0.717, 1.165) is 30.2 Å². The van der Waals surface area contributed by atoms with Crippen LogP contribution >= 0.6 is 0 Å². The molecule has 1 fully saturated rings. The maximum atomic E-state index is 8.95. The molecule has 0 spiro atoms. The van der Waals surface area contributed by atoms with Crippen molar-refractivity contribution < 1.29 is 5.21 Å². The molecule has 0 amide bonds. The molecule has 0 aromatic carbocycles. The fraction of sp³-hybridized carbons (Fsp3) is 0.692. The van der Waals surface area contributed by atoms with Crippen molar-refractivity contribution in [1.29, 1.82) is 0 Å². The topological polar surface area (TPSA) is 79.7 Å². The number of piperidine rings is 1. The van der Waals surface area contributed by atoms with Gasteiger partial charge in [0.1, 0.15) is 5.82 Å². The first kappa shape index (κ1) is 13.7. The van der Waals surface area contributed by atoms with Gasteiger partial charge in [0, 0.05) is 20.1 Å². The Balaban J connectivity index is 2.38. The van der Waals surface area contributed by atoms with Gasteiger partial charge < -0.3 is 15.8 Å². The molecule has 6 nitrogen and oxygen atoms in total. The Morgan fingerprint density at radius 2 is 2.32 bits per heavy atom. The first-order chi connectivity index (χ1) is 9.08. The van der Waals surface area contributed by atoms with Crippen molar-refractivity contribution in [1.82, 2.24) is 9.78 Å². The fourth-order valence-corrected chi connectivity index (χ4v) is 2.95. The molecule has 6 heteroatoms. The molecule has 0 bridgehead atoms. The number of nitrogens with zero attached hydrogens (tertiary/aromatic N) is 4. The molecular formula is C13H23N5O. The highest BCUT2D eigenvalue weighted by molar-refractivity contribution is 6.02. The van der Waals surface area contributed by atoms with Crippen LogP contribution in [-0.2, 0) is 7.05 Å². The van der Waals surface area contributed by atoms with Crippen LogP contribution < -0.4 is 10.6 Å². The summed E-state index contributed by atoms with van der Waals surface area (Å²) in [6, 6.07) is 0. The number of anilines is 1. The SMILES string of the molecule is CCC1CCCN(c2c(C(N)=NO)c(C)nn2C)C1. The second-order valence-corrected chi connectivity index (χ2v) is 5.26. The Labute approximate surface area is 113 Å². The van der Waals surface area contributed by atoms with E-state index in [9.17, 15) is 0 Å². The summed E-state index contributed by atoms with van der Waals surface area (Å²) < 4.78 is 1.83. The number of amidine groups is 1. The largest absolute Gasteiger partial charge is 0.409 e. The van der Waals surface area contributed by atoms with Crippen LogP contribution in [0.5, 0.6) is 0 Å². The van der Waals surface area contributed by atoms with E-state index in [4.69, 9.17) is 10.9 Å². The Morgan fingerprint density at radius 1 is 1.58 bits per heavy atom. The summed E-state index contributed by atoms with van der Waals surface area (Å²) in [5.74, 6) is 1.81. The first-order valence-corrected chi connectivity index (χ1v) is 6.84.